The van der Waals surface area contributed by atoms with Crippen molar-refractivity contribution in [1.29, 1.82) is 0 Å². The van der Waals surface area contributed by atoms with Crippen molar-refractivity contribution in [3.8, 4) is 11.1 Å². The molecule has 0 saturated carbocycles. The number of aldehydes is 1. The fraction of sp³-hybridized carbons (Fsp3) is 0.400. The molecule has 1 saturated heterocycles. The summed E-state index contributed by atoms with van der Waals surface area (Å²) in [6.07, 6.45) is 3.26. The molecular weight excluding hydrogens is 374 g/mol. The second-order valence-corrected chi connectivity index (χ2v) is 8.41. The van der Waals surface area contributed by atoms with Crippen molar-refractivity contribution in [2.75, 3.05) is 13.1 Å². The maximum atomic E-state index is 11.7. The van der Waals surface area contributed by atoms with Crippen molar-refractivity contribution >= 4 is 23.1 Å². The summed E-state index contributed by atoms with van der Waals surface area (Å²) in [5.74, 6) is 0.480. The Labute approximate surface area is 177 Å². The normalized spacial score (nSPS) is 16.0. The summed E-state index contributed by atoms with van der Waals surface area (Å²) in [6.45, 7) is 7.36. The lowest BCUT2D eigenvalue weighted by molar-refractivity contribution is -0.129. The van der Waals surface area contributed by atoms with Crippen LogP contribution >= 0.6 is 0 Å². The third kappa shape index (κ3) is 3.76. The predicted octanol–water partition coefficient (Wildman–Crippen LogP) is 4.89. The van der Waals surface area contributed by atoms with Crippen LogP contribution in [0.5, 0.6) is 0 Å². The molecule has 30 heavy (non-hydrogen) atoms. The average molecular weight is 404 g/mol. The van der Waals surface area contributed by atoms with E-state index in [1.807, 2.05) is 4.90 Å². The number of fused-ring (bicyclic) bond motifs is 1. The van der Waals surface area contributed by atoms with E-state index in [2.05, 4.69) is 61.0 Å². The van der Waals surface area contributed by atoms with E-state index < -0.39 is 0 Å². The summed E-state index contributed by atoms with van der Waals surface area (Å²) in [6, 6.07) is 14.9. The van der Waals surface area contributed by atoms with Crippen molar-refractivity contribution in [2.45, 2.75) is 52.0 Å². The van der Waals surface area contributed by atoms with Crippen molar-refractivity contribution in [2.24, 2.45) is 0 Å². The molecular formula is C25H29N3O2. The second-order valence-electron chi connectivity index (χ2n) is 8.41. The molecule has 5 heteroatoms. The van der Waals surface area contributed by atoms with Crippen LogP contribution in [0, 0.1) is 6.92 Å². The molecule has 1 aromatic heterocycles. The summed E-state index contributed by atoms with van der Waals surface area (Å²) < 4.78 is 2.06. The zero-order valence-corrected chi connectivity index (χ0v) is 18.0. The van der Waals surface area contributed by atoms with Crippen LogP contribution in [0.3, 0.4) is 0 Å². The van der Waals surface area contributed by atoms with Crippen molar-refractivity contribution < 1.29 is 9.59 Å². The molecule has 156 valence electrons. The summed E-state index contributed by atoms with van der Waals surface area (Å²) in [5, 5.41) is 6.11. The molecule has 1 unspecified atom stereocenters. The Bertz CT molecular complexity index is 1080. The molecule has 2 heterocycles. The molecule has 0 aliphatic carbocycles. The van der Waals surface area contributed by atoms with Crippen LogP contribution < -0.4 is 0 Å². The molecule has 3 aromatic rings. The lowest BCUT2D eigenvalue weighted by Gasteiger charge is -2.32. The minimum absolute atomic E-state index is 0.0117. The Balaban J connectivity index is 1.77. The number of hydrogen-bond acceptors (Lipinski definition) is 3. The Hall–Kier alpha value is -2.95. The molecule has 1 aliphatic heterocycles. The number of aromatic nitrogens is 2. The number of amides is 1. The van der Waals surface area contributed by atoms with Crippen LogP contribution in [0.1, 0.15) is 56.3 Å². The highest BCUT2D eigenvalue weighted by atomic mass is 16.2. The van der Waals surface area contributed by atoms with Gasteiger partial charge in [-0.25, -0.2) is 0 Å². The zero-order chi connectivity index (χ0) is 21.3. The van der Waals surface area contributed by atoms with Gasteiger partial charge >= 0.3 is 0 Å². The van der Waals surface area contributed by atoms with Gasteiger partial charge in [-0.15, -0.1) is 0 Å². The van der Waals surface area contributed by atoms with Gasteiger partial charge in [0.1, 0.15) is 6.29 Å². The molecule has 1 atom stereocenters. The van der Waals surface area contributed by atoms with Crippen LogP contribution in [-0.4, -0.2) is 40.0 Å². The van der Waals surface area contributed by atoms with Gasteiger partial charge in [-0.2, -0.15) is 5.10 Å². The molecule has 0 bridgehead atoms. The molecule has 0 radical (unpaired) electrons. The second kappa shape index (κ2) is 8.42. The van der Waals surface area contributed by atoms with E-state index in [-0.39, 0.29) is 11.9 Å². The SMILES string of the molecule is CC(=O)N1CCC(c2c3ccc(-c4ccccc4C)cc3nn2C(C)CC=O)CC1. The first-order valence-corrected chi connectivity index (χ1v) is 10.8. The lowest BCUT2D eigenvalue weighted by Crippen LogP contribution is -2.36. The number of piperidine rings is 1. The summed E-state index contributed by atoms with van der Waals surface area (Å²) >= 11 is 0. The molecule has 5 nitrogen and oxygen atoms in total. The highest BCUT2D eigenvalue weighted by Crippen LogP contribution is 2.37. The van der Waals surface area contributed by atoms with Gasteiger partial charge in [-0.05, 0) is 49.4 Å². The van der Waals surface area contributed by atoms with Gasteiger partial charge in [0.2, 0.25) is 5.91 Å². The van der Waals surface area contributed by atoms with E-state index in [1.165, 1.54) is 16.8 Å². The van der Waals surface area contributed by atoms with E-state index in [0.29, 0.717) is 12.3 Å². The smallest absolute Gasteiger partial charge is 0.219 e. The Morgan fingerprint density at radius 2 is 1.93 bits per heavy atom. The monoisotopic (exact) mass is 403 g/mol. The highest BCUT2D eigenvalue weighted by Gasteiger charge is 2.28. The van der Waals surface area contributed by atoms with E-state index >= 15 is 0 Å². The molecule has 1 aliphatic rings. The van der Waals surface area contributed by atoms with Gasteiger partial charge in [0, 0.05) is 43.4 Å². The third-order valence-corrected chi connectivity index (χ3v) is 6.37. The Kier molecular flexibility index (Phi) is 5.71. The number of rotatable bonds is 5. The maximum Gasteiger partial charge on any atom is 0.219 e. The summed E-state index contributed by atoms with van der Waals surface area (Å²) in [4.78, 5) is 24.9. The Morgan fingerprint density at radius 3 is 2.60 bits per heavy atom. The van der Waals surface area contributed by atoms with Gasteiger partial charge in [0.05, 0.1) is 11.6 Å². The zero-order valence-electron chi connectivity index (χ0n) is 18.0. The first kappa shape index (κ1) is 20.3. The standard InChI is InChI=1S/C25H29N3O2/c1-17-6-4-5-7-22(17)21-8-9-23-24(16-21)26-28(18(2)12-15-29)25(23)20-10-13-27(14-11-20)19(3)30/h4-9,15-16,18,20H,10-14H2,1-3H3. The average Bonchev–Trinajstić information content (AvgIpc) is 3.13. The van der Waals surface area contributed by atoms with Crippen LogP contribution in [0.2, 0.25) is 0 Å². The number of hydrogen-bond donors (Lipinski definition) is 0. The van der Waals surface area contributed by atoms with Crippen LogP contribution in [-0.2, 0) is 9.59 Å². The number of carbonyl (C=O) groups is 2. The van der Waals surface area contributed by atoms with Crippen LogP contribution in [0.15, 0.2) is 42.5 Å². The molecule has 0 spiro atoms. The van der Waals surface area contributed by atoms with Crippen molar-refractivity contribution in [3.05, 3.63) is 53.7 Å². The number of likely N-dealkylation sites (tertiary alicyclic amines) is 1. The van der Waals surface area contributed by atoms with E-state index in [0.717, 1.165) is 48.7 Å². The fourth-order valence-electron chi connectivity index (χ4n) is 4.64. The van der Waals surface area contributed by atoms with Gasteiger partial charge < -0.3 is 9.69 Å². The number of nitrogens with zero attached hydrogens (tertiary/aromatic N) is 3. The van der Waals surface area contributed by atoms with E-state index in [4.69, 9.17) is 5.10 Å². The molecule has 4 rings (SSSR count). The molecule has 1 fully saturated rings. The van der Waals surface area contributed by atoms with E-state index in [9.17, 15) is 9.59 Å². The highest BCUT2D eigenvalue weighted by molar-refractivity contribution is 5.87. The topological polar surface area (TPSA) is 55.2 Å². The maximum absolute atomic E-state index is 11.7. The molecule has 1 amide bonds. The largest absolute Gasteiger partial charge is 0.343 e. The van der Waals surface area contributed by atoms with Crippen molar-refractivity contribution in [1.82, 2.24) is 14.7 Å². The Morgan fingerprint density at radius 1 is 1.20 bits per heavy atom. The minimum atomic E-state index is 0.0117. The summed E-state index contributed by atoms with van der Waals surface area (Å²) in [5.41, 5.74) is 5.79. The first-order chi connectivity index (χ1) is 14.5. The summed E-state index contributed by atoms with van der Waals surface area (Å²) in [7, 11) is 0. The van der Waals surface area contributed by atoms with E-state index in [1.54, 1.807) is 6.92 Å². The molecule has 2 aromatic carbocycles. The number of carbonyl (C=O) groups excluding carboxylic acids is 2. The van der Waals surface area contributed by atoms with Crippen molar-refractivity contribution in [3.63, 3.8) is 0 Å². The minimum Gasteiger partial charge on any atom is -0.343 e. The third-order valence-electron chi connectivity index (χ3n) is 6.37. The lowest BCUT2D eigenvalue weighted by atomic mass is 9.90. The van der Waals surface area contributed by atoms with Gasteiger partial charge in [-0.1, -0.05) is 36.4 Å². The fourth-order valence-corrected chi connectivity index (χ4v) is 4.64. The predicted molar refractivity (Wildman–Crippen MR) is 120 cm³/mol. The molecule has 0 N–H and O–H groups in total. The first-order valence-electron chi connectivity index (χ1n) is 10.8. The van der Waals surface area contributed by atoms with Gasteiger partial charge in [0.25, 0.3) is 0 Å². The number of aryl methyl sites for hydroxylation is 1. The quantitative estimate of drug-likeness (QED) is 0.570. The van der Waals surface area contributed by atoms with Gasteiger partial charge in [0.15, 0.2) is 0 Å². The van der Waals surface area contributed by atoms with Crippen LogP contribution in [0.25, 0.3) is 22.0 Å². The number of benzene rings is 2. The van der Waals surface area contributed by atoms with Gasteiger partial charge in [-0.3, -0.25) is 9.48 Å². The van der Waals surface area contributed by atoms with Crippen LogP contribution in [0.4, 0.5) is 0 Å².